The van der Waals surface area contributed by atoms with Crippen molar-refractivity contribution in [3.8, 4) is 0 Å². The molecule has 112 valence electrons. The van der Waals surface area contributed by atoms with Gasteiger partial charge in [0.25, 0.3) is 0 Å². The van der Waals surface area contributed by atoms with Crippen LogP contribution in [0.25, 0.3) is 0 Å². The zero-order chi connectivity index (χ0) is 14.7. The second kappa shape index (κ2) is 9.91. The van der Waals surface area contributed by atoms with Crippen molar-refractivity contribution in [3.63, 3.8) is 0 Å². The highest BCUT2D eigenvalue weighted by Gasteiger charge is 2.24. The minimum Gasteiger partial charge on any atom is -0.396 e. The molecule has 3 N–H and O–H groups in total. The summed E-state index contributed by atoms with van der Waals surface area (Å²) >= 11 is 0. The molecule has 0 spiro atoms. The first kappa shape index (κ1) is 18.0. The Morgan fingerprint density at radius 1 is 1.26 bits per heavy atom. The summed E-state index contributed by atoms with van der Waals surface area (Å²) in [6.45, 7) is 7.46. The molecule has 0 aromatic rings. The summed E-state index contributed by atoms with van der Waals surface area (Å²) in [6.07, 6.45) is 1.93. The monoisotopic (exact) mass is 275 g/mol. The summed E-state index contributed by atoms with van der Waals surface area (Å²) in [4.78, 5) is 12.7. The van der Waals surface area contributed by atoms with Gasteiger partial charge in [0.1, 0.15) is 0 Å². The number of hydrogen-bond acceptors (Lipinski definition) is 5. The number of nitrogens with zero attached hydrogens (tertiary/aromatic N) is 1. The Balaban J connectivity index is 0.000000344. The normalized spacial score (nSPS) is 15.5. The van der Waals surface area contributed by atoms with Gasteiger partial charge >= 0.3 is 0 Å². The zero-order valence-corrected chi connectivity index (χ0v) is 11.5. The van der Waals surface area contributed by atoms with Crippen molar-refractivity contribution in [1.29, 1.82) is 0 Å². The number of carbonyl (C=O) groups is 1. The molecule has 19 heavy (non-hydrogen) atoms. The number of aliphatic hydroxyl groups is 3. The van der Waals surface area contributed by atoms with Crippen LogP contribution >= 0.6 is 0 Å². The molecule has 0 saturated carbocycles. The van der Waals surface area contributed by atoms with Crippen molar-refractivity contribution in [2.75, 3.05) is 46.1 Å². The molecule has 0 atom stereocenters. The van der Waals surface area contributed by atoms with Crippen molar-refractivity contribution in [1.82, 2.24) is 4.90 Å². The summed E-state index contributed by atoms with van der Waals surface area (Å²) in [5.74, 6) is 0.00306. The Morgan fingerprint density at radius 2 is 1.74 bits per heavy atom. The van der Waals surface area contributed by atoms with Crippen LogP contribution in [0.3, 0.4) is 0 Å². The number of hydrogen-bond donors (Lipinski definition) is 3. The van der Waals surface area contributed by atoms with E-state index >= 15 is 0 Å². The van der Waals surface area contributed by atoms with Gasteiger partial charge in [0, 0.05) is 18.5 Å². The lowest BCUT2D eigenvalue weighted by molar-refractivity contribution is -0.129. The third-order valence-corrected chi connectivity index (χ3v) is 3.25. The van der Waals surface area contributed by atoms with E-state index in [4.69, 9.17) is 20.1 Å². The topological polar surface area (TPSA) is 90.2 Å². The van der Waals surface area contributed by atoms with Gasteiger partial charge in [0.15, 0.2) is 0 Å². The van der Waals surface area contributed by atoms with Gasteiger partial charge in [-0.1, -0.05) is 13.5 Å². The van der Waals surface area contributed by atoms with E-state index < -0.39 is 5.41 Å². The molecule has 0 unspecified atom stereocenters. The van der Waals surface area contributed by atoms with Gasteiger partial charge in [-0.3, -0.25) is 4.79 Å². The third kappa shape index (κ3) is 6.15. The van der Waals surface area contributed by atoms with Crippen molar-refractivity contribution >= 4 is 5.91 Å². The molecule has 1 aliphatic heterocycles. The average molecular weight is 275 g/mol. The van der Waals surface area contributed by atoms with Crippen molar-refractivity contribution < 1.29 is 24.9 Å². The van der Waals surface area contributed by atoms with Crippen LogP contribution in [0.4, 0.5) is 0 Å². The molecule has 6 heteroatoms. The highest BCUT2D eigenvalue weighted by Crippen LogP contribution is 2.18. The predicted molar refractivity (Wildman–Crippen MR) is 71.6 cm³/mol. The number of aliphatic hydroxyl groups excluding tert-OH is 3. The highest BCUT2D eigenvalue weighted by molar-refractivity contribution is 5.87. The summed E-state index contributed by atoms with van der Waals surface area (Å²) in [5.41, 5.74) is -0.667. The fraction of sp³-hybridized carbons (Fsp3) is 0.769. The molecule has 6 nitrogen and oxygen atoms in total. The van der Waals surface area contributed by atoms with Crippen LogP contribution in [-0.4, -0.2) is 72.3 Å². The minimum atomic E-state index is -0.667. The van der Waals surface area contributed by atoms with E-state index in [0.717, 1.165) is 0 Å². The van der Waals surface area contributed by atoms with Gasteiger partial charge in [-0.2, -0.15) is 0 Å². The van der Waals surface area contributed by atoms with Gasteiger partial charge in [0.05, 0.1) is 33.0 Å². The maximum absolute atomic E-state index is 10.9. The number of carbonyl (C=O) groups excluding carboxylic acids is 1. The Bertz CT molecular complexity index is 242. The van der Waals surface area contributed by atoms with Gasteiger partial charge < -0.3 is 25.0 Å². The van der Waals surface area contributed by atoms with Crippen LogP contribution in [0, 0.1) is 5.41 Å². The highest BCUT2D eigenvalue weighted by atomic mass is 16.5. The van der Waals surface area contributed by atoms with Crippen LogP contribution in [0.15, 0.2) is 12.7 Å². The van der Waals surface area contributed by atoms with Crippen molar-refractivity contribution in [2.24, 2.45) is 5.41 Å². The van der Waals surface area contributed by atoms with Crippen molar-refractivity contribution in [3.05, 3.63) is 12.7 Å². The van der Waals surface area contributed by atoms with Gasteiger partial charge in [-0.15, -0.1) is 0 Å². The Hall–Kier alpha value is -0.950. The second-order valence-electron chi connectivity index (χ2n) is 4.47. The van der Waals surface area contributed by atoms with E-state index in [0.29, 0.717) is 32.7 Å². The summed E-state index contributed by atoms with van der Waals surface area (Å²) in [5, 5.41) is 26.0. The van der Waals surface area contributed by atoms with E-state index in [1.54, 1.807) is 4.90 Å². The molecule has 1 fully saturated rings. The number of morpholine rings is 1. The van der Waals surface area contributed by atoms with Crippen LogP contribution in [0.2, 0.25) is 0 Å². The lowest BCUT2D eigenvalue weighted by Gasteiger charge is -2.25. The quantitative estimate of drug-likeness (QED) is 0.582. The van der Waals surface area contributed by atoms with E-state index in [-0.39, 0.29) is 25.7 Å². The Morgan fingerprint density at radius 3 is 2.00 bits per heavy atom. The van der Waals surface area contributed by atoms with Gasteiger partial charge in [-0.25, -0.2) is 0 Å². The largest absolute Gasteiger partial charge is 0.396 e. The molecule has 1 aliphatic rings. The van der Waals surface area contributed by atoms with Gasteiger partial charge in [0.2, 0.25) is 5.91 Å². The minimum absolute atomic E-state index is 0.00306. The average Bonchev–Trinajstić information content (AvgIpc) is 2.51. The SMILES string of the molecule is C=CC(=O)N1CCOCC1.CCC(CO)(CO)CO. The molecule has 0 aliphatic carbocycles. The molecule has 1 amide bonds. The first-order chi connectivity index (χ1) is 9.09. The molecule has 1 rings (SSSR count). The molecule has 1 saturated heterocycles. The smallest absolute Gasteiger partial charge is 0.246 e. The maximum atomic E-state index is 10.9. The first-order valence-electron chi connectivity index (χ1n) is 6.40. The summed E-state index contributed by atoms with van der Waals surface area (Å²) in [7, 11) is 0. The van der Waals surface area contributed by atoms with E-state index in [1.165, 1.54) is 6.08 Å². The molecular formula is C13H25NO5. The van der Waals surface area contributed by atoms with Crippen molar-refractivity contribution in [2.45, 2.75) is 13.3 Å². The molecule has 0 aromatic heterocycles. The third-order valence-electron chi connectivity index (χ3n) is 3.25. The Labute approximate surface area is 114 Å². The molecule has 0 bridgehead atoms. The van der Waals surface area contributed by atoms with E-state index in [9.17, 15) is 4.79 Å². The molecule has 0 aromatic carbocycles. The maximum Gasteiger partial charge on any atom is 0.246 e. The lowest BCUT2D eigenvalue weighted by Crippen LogP contribution is -2.39. The molecular weight excluding hydrogens is 250 g/mol. The number of ether oxygens (including phenoxy) is 1. The van der Waals surface area contributed by atoms with E-state index in [1.807, 2.05) is 6.92 Å². The zero-order valence-electron chi connectivity index (χ0n) is 11.5. The number of rotatable bonds is 5. The summed E-state index contributed by atoms with van der Waals surface area (Å²) < 4.78 is 5.07. The van der Waals surface area contributed by atoms with Crippen LogP contribution in [0.5, 0.6) is 0 Å². The summed E-state index contributed by atoms with van der Waals surface area (Å²) in [6, 6.07) is 0. The predicted octanol–water partition coefficient (Wildman–Crippen LogP) is -0.609. The lowest BCUT2D eigenvalue weighted by atomic mass is 9.88. The van der Waals surface area contributed by atoms with Crippen LogP contribution < -0.4 is 0 Å². The number of amides is 1. The molecule has 0 radical (unpaired) electrons. The van der Waals surface area contributed by atoms with Gasteiger partial charge in [-0.05, 0) is 12.5 Å². The van der Waals surface area contributed by atoms with Crippen LogP contribution in [-0.2, 0) is 9.53 Å². The fourth-order valence-electron chi connectivity index (χ4n) is 1.40. The standard InChI is InChI=1S/C7H11NO2.C6H14O3/c1-2-7(9)8-3-5-10-6-4-8;1-2-6(3-7,4-8)5-9/h2H,1,3-6H2;7-9H,2-5H2,1H3. The fourth-order valence-corrected chi connectivity index (χ4v) is 1.40. The van der Waals surface area contributed by atoms with Crippen LogP contribution in [0.1, 0.15) is 13.3 Å². The Kier molecular flexibility index (Phi) is 9.42. The first-order valence-corrected chi connectivity index (χ1v) is 6.40. The second-order valence-corrected chi connectivity index (χ2v) is 4.47. The molecule has 1 heterocycles. The van der Waals surface area contributed by atoms with E-state index in [2.05, 4.69) is 6.58 Å².